The van der Waals surface area contributed by atoms with E-state index in [1.807, 2.05) is 0 Å². The average molecular weight is 186 g/mol. The minimum Gasteiger partial charge on any atom is -0.481 e. The van der Waals surface area contributed by atoms with Gasteiger partial charge in [0.05, 0.1) is 5.92 Å². The first-order valence-electron chi connectivity index (χ1n) is 5.30. The molecule has 2 heteroatoms. The fraction of sp³-hybridized carbons (Fsp3) is 0.909. The Morgan fingerprint density at radius 3 is 2.31 bits per heavy atom. The number of aliphatic carboxylic acids is 1. The fourth-order valence-corrected chi connectivity index (χ4v) is 1.55. The van der Waals surface area contributed by atoms with E-state index in [1.54, 1.807) is 0 Å². The zero-order valence-corrected chi connectivity index (χ0v) is 9.05. The Morgan fingerprint density at radius 2 is 1.92 bits per heavy atom. The van der Waals surface area contributed by atoms with E-state index in [1.165, 1.54) is 0 Å². The van der Waals surface area contributed by atoms with E-state index >= 15 is 0 Å². The summed E-state index contributed by atoms with van der Waals surface area (Å²) in [6.07, 6.45) is 5.04. The van der Waals surface area contributed by atoms with Crippen LogP contribution in [0.2, 0.25) is 0 Å². The van der Waals surface area contributed by atoms with Gasteiger partial charge in [-0.05, 0) is 18.8 Å². The molecule has 0 bridgehead atoms. The first-order chi connectivity index (χ1) is 6.07. The summed E-state index contributed by atoms with van der Waals surface area (Å²) in [5.41, 5.74) is 0. The first kappa shape index (κ1) is 12.5. The zero-order valence-electron chi connectivity index (χ0n) is 9.05. The molecule has 78 valence electrons. The van der Waals surface area contributed by atoms with Gasteiger partial charge in [-0.3, -0.25) is 4.79 Å². The van der Waals surface area contributed by atoms with Gasteiger partial charge in [-0.1, -0.05) is 40.0 Å². The lowest BCUT2D eigenvalue weighted by atomic mass is 9.92. The molecule has 1 atom stereocenters. The topological polar surface area (TPSA) is 37.3 Å². The number of hydrogen-bond donors (Lipinski definition) is 1. The molecule has 1 N–H and O–H groups in total. The number of unbranched alkanes of at least 4 members (excludes halogenated alkanes) is 2. The summed E-state index contributed by atoms with van der Waals surface area (Å²) >= 11 is 0. The SMILES string of the molecule is CCCCCC(CC(C)C)C(=O)O. The van der Waals surface area contributed by atoms with Gasteiger partial charge in [0.1, 0.15) is 0 Å². The Morgan fingerprint density at radius 1 is 1.31 bits per heavy atom. The summed E-state index contributed by atoms with van der Waals surface area (Å²) in [5, 5.41) is 8.92. The molecule has 0 amide bonds. The van der Waals surface area contributed by atoms with Crippen LogP contribution in [0.3, 0.4) is 0 Å². The summed E-state index contributed by atoms with van der Waals surface area (Å²) in [4.78, 5) is 10.8. The van der Waals surface area contributed by atoms with Crippen molar-refractivity contribution in [3.63, 3.8) is 0 Å². The van der Waals surface area contributed by atoms with Crippen LogP contribution in [0, 0.1) is 11.8 Å². The molecular formula is C11H22O2. The molecule has 0 aromatic rings. The quantitative estimate of drug-likeness (QED) is 0.619. The summed E-state index contributed by atoms with van der Waals surface area (Å²) in [6, 6.07) is 0. The van der Waals surface area contributed by atoms with Crippen molar-refractivity contribution in [1.29, 1.82) is 0 Å². The van der Waals surface area contributed by atoms with E-state index in [2.05, 4.69) is 20.8 Å². The smallest absolute Gasteiger partial charge is 0.306 e. The largest absolute Gasteiger partial charge is 0.481 e. The third kappa shape index (κ3) is 6.62. The fourth-order valence-electron chi connectivity index (χ4n) is 1.55. The Kier molecular flexibility index (Phi) is 6.65. The molecule has 0 saturated carbocycles. The molecule has 0 fully saturated rings. The molecule has 0 rings (SSSR count). The van der Waals surface area contributed by atoms with Crippen molar-refractivity contribution < 1.29 is 9.90 Å². The summed E-state index contributed by atoms with van der Waals surface area (Å²) in [7, 11) is 0. The Hall–Kier alpha value is -0.530. The molecule has 1 unspecified atom stereocenters. The van der Waals surface area contributed by atoms with Crippen molar-refractivity contribution in [2.45, 2.75) is 52.9 Å². The highest BCUT2D eigenvalue weighted by Gasteiger charge is 2.17. The molecule has 0 aliphatic heterocycles. The maximum atomic E-state index is 10.8. The Bertz CT molecular complexity index is 141. The highest BCUT2D eigenvalue weighted by Crippen LogP contribution is 2.18. The zero-order chi connectivity index (χ0) is 10.3. The number of rotatable bonds is 7. The van der Waals surface area contributed by atoms with Crippen LogP contribution in [0.25, 0.3) is 0 Å². The van der Waals surface area contributed by atoms with E-state index < -0.39 is 5.97 Å². The molecule has 0 aliphatic carbocycles. The predicted octanol–water partition coefficient (Wildman–Crippen LogP) is 3.31. The number of carboxylic acids is 1. The van der Waals surface area contributed by atoms with Crippen LogP contribution in [0.4, 0.5) is 0 Å². The van der Waals surface area contributed by atoms with Gasteiger partial charge in [-0.25, -0.2) is 0 Å². The van der Waals surface area contributed by atoms with Crippen molar-refractivity contribution in [2.24, 2.45) is 11.8 Å². The van der Waals surface area contributed by atoms with E-state index in [-0.39, 0.29) is 5.92 Å². The summed E-state index contributed by atoms with van der Waals surface area (Å²) in [6.45, 7) is 6.30. The monoisotopic (exact) mass is 186 g/mol. The lowest BCUT2D eigenvalue weighted by Crippen LogP contribution is -2.15. The van der Waals surface area contributed by atoms with Crippen molar-refractivity contribution in [1.82, 2.24) is 0 Å². The number of carboxylic acid groups (broad SMARTS) is 1. The second-order valence-electron chi connectivity index (χ2n) is 4.16. The van der Waals surface area contributed by atoms with Gasteiger partial charge in [0.15, 0.2) is 0 Å². The molecule has 0 aliphatic rings. The number of carbonyl (C=O) groups is 1. The first-order valence-corrected chi connectivity index (χ1v) is 5.30. The number of hydrogen-bond acceptors (Lipinski definition) is 1. The molecule has 0 heterocycles. The van der Waals surface area contributed by atoms with Crippen molar-refractivity contribution in [3.05, 3.63) is 0 Å². The van der Waals surface area contributed by atoms with Crippen molar-refractivity contribution >= 4 is 5.97 Å². The van der Waals surface area contributed by atoms with Gasteiger partial charge in [-0.2, -0.15) is 0 Å². The standard InChI is InChI=1S/C11H22O2/c1-4-5-6-7-10(11(12)13)8-9(2)3/h9-10H,4-8H2,1-3H3,(H,12,13). The Labute approximate surface area is 81.3 Å². The van der Waals surface area contributed by atoms with Crippen LogP contribution >= 0.6 is 0 Å². The summed E-state index contributed by atoms with van der Waals surface area (Å²) in [5.74, 6) is -0.251. The molecule has 0 radical (unpaired) electrons. The molecule has 13 heavy (non-hydrogen) atoms. The maximum absolute atomic E-state index is 10.8. The predicted molar refractivity (Wildman–Crippen MR) is 54.7 cm³/mol. The normalized spacial score (nSPS) is 13.2. The van der Waals surface area contributed by atoms with Gasteiger partial charge in [0.25, 0.3) is 0 Å². The van der Waals surface area contributed by atoms with Gasteiger partial charge in [0, 0.05) is 0 Å². The maximum Gasteiger partial charge on any atom is 0.306 e. The minimum absolute atomic E-state index is 0.119. The summed E-state index contributed by atoms with van der Waals surface area (Å²) < 4.78 is 0. The van der Waals surface area contributed by atoms with E-state index in [9.17, 15) is 4.79 Å². The second-order valence-corrected chi connectivity index (χ2v) is 4.16. The Balaban J connectivity index is 3.74. The average Bonchev–Trinajstić information content (AvgIpc) is 2.02. The minimum atomic E-state index is -0.621. The van der Waals surface area contributed by atoms with Crippen LogP contribution in [0.1, 0.15) is 52.9 Å². The molecule has 0 saturated heterocycles. The third-order valence-corrected chi connectivity index (χ3v) is 2.26. The highest BCUT2D eigenvalue weighted by molar-refractivity contribution is 5.69. The van der Waals surface area contributed by atoms with Crippen LogP contribution in [0.5, 0.6) is 0 Å². The van der Waals surface area contributed by atoms with Crippen LogP contribution in [0.15, 0.2) is 0 Å². The van der Waals surface area contributed by atoms with Crippen LogP contribution in [-0.4, -0.2) is 11.1 Å². The molecule has 0 spiro atoms. The molecule has 2 nitrogen and oxygen atoms in total. The van der Waals surface area contributed by atoms with E-state index in [0.29, 0.717) is 5.92 Å². The lowest BCUT2D eigenvalue weighted by Gasteiger charge is -2.13. The molecule has 0 aromatic heterocycles. The van der Waals surface area contributed by atoms with Gasteiger partial charge in [0.2, 0.25) is 0 Å². The van der Waals surface area contributed by atoms with Crippen LogP contribution < -0.4 is 0 Å². The van der Waals surface area contributed by atoms with Gasteiger partial charge < -0.3 is 5.11 Å². The van der Waals surface area contributed by atoms with E-state index in [0.717, 1.165) is 32.1 Å². The highest BCUT2D eigenvalue weighted by atomic mass is 16.4. The third-order valence-electron chi connectivity index (χ3n) is 2.26. The molecule has 0 aromatic carbocycles. The van der Waals surface area contributed by atoms with Gasteiger partial charge in [-0.15, -0.1) is 0 Å². The van der Waals surface area contributed by atoms with Gasteiger partial charge >= 0.3 is 5.97 Å². The van der Waals surface area contributed by atoms with Crippen LogP contribution in [-0.2, 0) is 4.79 Å². The molecular weight excluding hydrogens is 164 g/mol. The van der Waals surface area contributed by atoms with Crippen molar-refractivity contribution in [2.75, 3.05) is 0 Å². The van der Waals surface area contributed by atoms with Crippen molar-refractivity contribution in [3.8, 4) is 0 Å². The van der Waals surface area contributed by atoms with E-state index in [4.69, 9.17) is 5.11 Å². The second kappa shape index (κ2) is 6.93. The lowest BCUT2D eigenvalue weighted by molar-refractivity contribution is -0.142.